The Bertz CT molecular complexity index is 936. The second-order valence-corrected chi connectivity index (χ2v) is 6.56. The molecular weight excluding hydrogens is 338 g/mol. The van der Waals surface area contributed by atoms with Crippen LogP contribution in [0.15, 0.2) is 30.3 Å². The average Bonchev–Trinajstić information content (AvgIpc) is 2.98. The highest BCUT2D eigenvalue weighted by molar-refractivity contribution is 7.22. The van der Waals surface area contributed by atoms with Gasteiger partial charge in [0.05, 0.1) is 31.9 Å². The molecule has 1 aromatic heterocycles. The Labute approximate surface area is 149 Å². The van der Waals surface area contributed by atoms with E-state index in [2.05, 4.69) is 0 Å². The number of fused-ring (bicyclic) bond motifs is 1. The quantitative estimate of drug-likeness (QED) is 0.698. The summed E-state index contributed by atoms with van der Waals surface area (Å²) in [6.45, 7) is 2.01. The van der Waals surface area contributed by atoms with Gasteiger partial charge in [0.25, 0.3) is 0 Å². The van der Waals surface area contributed by atoms with Gasteiger partial charge in [0.1, 0.15) is 0 Å². The monoisotopic (exact) mass is 357 g/mol. The zero-order valence-corrected chi connectivity index (χ0v) is 15.3. The third-order valence-corrected chi connectivity index (χ3v) is 5.44. The highest BCUT2D eigenvalue weighted by Crippen LogP contribution is 2.41. The van der Waals surface area contributed by atoms with E-state index in [1.807, 2.05) is 25.1 Å². The van der Waals surface area contributed by atoms with Crippen molar-refractivity contribution in [1.29, 1.82) is 0 Å². The van der Waals surface area contributed by atoms with Gasteiger partial charge in [0, 0.05) is 15.6 Å². The third kappa shape index (κ3) is 2.78. The first-order valence-corrected chi connectivity index (χ1v) is 8.45. The van der Waals surface area contributed by atoms with Crippen LogP contribution in [0.3, 0.4) is 0 Å². The molecule has 0 saturated carbocycles. The molecule has 0 atom stereocenters. The standard InChI is InChI=1S/C19H19NO4S/c1-10-6-5-7-12-15(20)19(25-18(10)12)16(21)11-8-13(22-2)17(24-4)14(9-11)23-3/h5-9H,20H2,1-4H3. The zero-order chi connectivity index (χ0) is 18.1. The van der Waals surface area contributed by atoms with E-state index in [1.165, 1.54) is 32.7 Å². The van der Waals surface area contributed by atoms with Crippen LogP contribution in [-0.2, 0) is 0 Å². The molecule has 0 amide bonds. The number of thiophene rings is 1. The smallest absolute Gasteiger partial charge is 0.205 e. The maximum atomic E-state index is 13.1. The highest BCUT2D eigenvalue weighted by Gasteiger charge is 2.22. The van der Waals surface area contributed by atoms with Crippen molar-refractivity contribution in [3.63, 3.8) is 0 Å². The van der Waals surface area contributed by atoms with Crippen LogP contribution in [0.1, 0.15) is 20.8 Å². The third-order valence-electron chi connectivity index (χ3n) is 4.08. The van der Waals surface area contributed by atoms with Crippen LogP contribution >= 0.6 is 11.3 Å². The van der Waals surface area contributed by atoms with Gasteiger partial charge in [-0.2, -0.15) is 0 Å². The van der Waals surface area contributed by atoms with Gasteiger partial charge in [-0.15, -0.1) is 11.3 Å². The lowest BCUT2D eigenvalue weighted by Gasteiger charge is -2.13. The predicted octanol–water partition coefficient (Wildman–Crippen LogP) is 4.05. The van der Waals surface area contributed by atoms with E-state index in [-0.39, 0.29) is 5.78 Å². The maximum absolute atomic E-state index is 13.1. The summed E-state index contributed by atoms with van der Waals surface area (Å²) < 4.78 is 17.0. The van der Waals surface area contributed by atoms with Crippen molar-refractivity contribution in [2.45, 2.75) is 6.92 Å². The van der Waals surface area contributed by atoms with Crippen LogP contribution in [0.2, 0.25) is 0 Å². The van der Waals surface area contributed by atoms with Crippen molar-refractivity contribution in [3.8, 4) is 17.2 Å². The van der Waals surface area contributed by atoms with Gasteiger partial charge in [-0.1, -0.05) is 18.2 Å². The van der Waals surface area contributed by atoms with Crippen LogP contribution in [0, 0.1) is 6.92 Å². The molecule has 6 heteroatoms. The Hall–Kier alpha value is -2.73. The number of ketones is 1. The molecule has 0 aliphatic carbocycles. The molecule has 130 valence electrons. The fourth-order valence-electron chi connectivity index (χ4n) is 2.79. The number of nitrogens with two attached hydrogens (primary N) is 1. The number of anilines is 1. The highest BCUT2D eigenvalue weighted by atomic mass is 32.1. The molecule has 0 bridgehead atoms. The molecule has 3 aromatic rings. The molecule has 3 rings (SSSR count). The Morgan fingerprint density at radius 2 is 1.68 bits per heavy atom. The summed E-state index contributed by atoms with van der Waals surface area (Å²) in [7, 11) is 4.56. The number of hydrogen-bond donors (Lipinski definition) is 1. The van der Waals surface area contributed by atoms with E-state index < -0.39 is 0 Å². The summed E-state index contributed by atoms with van der Waals surface area (Å²) in [5.41, 5.74) is 8.28. The minimum atomic E-state index is -0.169. The molecule has 0 fully saturated rings. The maximum Gasteiger partial charge on any atom is 0.205 e. The van der Waals surface area contributed by atoms with Crippen molar-refractivity contribution in [2.75, 3.05) is 27.1 Å². The van der Waals surface area contributed by atoms with Gasteiger partial charge >= 0.3 is 0 Å². The molecule has 0 radical (unpaired) electrons. The first kappa shape index (κ1) is 17.1. The minimum Gasteiger partial charge on any atom is -0.493 e. The molecule has 0 unspecified atom stereocenters. The Morgan fingerprint density at radius 3 is 2.20 bits per heavy atom. The van der Waals surface area contributed by atoms with E-state index >= 15 is 0 Å². The Balaban J connectivity index is 2.16. The normalized spacial score (nSPS) is 10.7. The summed E-state index contributed by atoms with van der Waals surface area (Å²) in [5.74, 6) is 1.14. The van der Waals surface area contributed by atoms with Crippen molar-refractivity contribution >= 4 is 32.9 Å². The number of rotatable bonds is 5. The van der Waals surface area contributed by atoms with Gasteiger partial charge in [-0.05, 0) is 24.6 Å². The van der Waals surface area contributed by atoms with Crippen molar-refractivity contribution in [2.24, 2.45) is 0 Å². The lowest BCUT2D eigenvalue weighted by molar-refractivity contribution is 0.104. The van der Waals surface area contributed by atoms with Crippen LogP contribution in [0.5, 0.6) is 17.2 Å². The predicted molar refractivity (Wildman–Crippen MR) is 101 cm³/mol. The first-order valence-electron chi connectivity index (χ1n) is 7.64. The average molecular weight is 357 g/mol. The fourth-order valence-corrected chi connectivity index (χ4v) is 3.94. The number of carbonyl (C=O) groups is 1. The summed E-state index contributed by atoms with van der Waals surface area (Å²) in [6, 6.07) is 9.15. The van der Waals surface area contributed by atoms with Gasteiger partial charge in [0.15, 0.2) is 11.5 Å². The molecule has 0 aliphatic rings. The molecule has 5 nitrogen and oxygen atoms in total. The Kier molecular flexibility index (Phi) is 4.55. The molecule has 2 N–H and O–H groups in total. The summed E-state index contributed by atoms with van der Waals surface area (Å²) in [5, 5.41) is 0.904. The van der Waals surface area contributed by atoms with Crippen LogP contribution in [0.25, 0.3) is 10.1 Å². The topological polar surface area (TPSA) is 70.8 Å². The number of carbonyl (C=O) groups excluding carboxylic acids is 1. The van der Waals surface area contributed by atoms with E-state index in [4.69, 9.17) is 19.9 Å². The van der Waals surface area contributed by atoms with Gasteiger partial charge in [-0.25, -0.2) is 0 Å². The van der Waals surface area contributed by atoms with Crippen molar-refractivity contribution in [1.82, 2.24) is 0 Å². The number of aryl methyl sites for hydroxylation is 1. The molecule has 0 aliphatic heterocycles. The molecule has 0 spiro atoms. The summed E-state index contributed by atoms with van der Waals surface area (Å²) in [6.07, 6.45) is 0. The summed E-state index contributed by atoms with van der Waals surface area (Å²) >= 11 is 1.40. The van der Waals surface area contributed by atoms with Crippen molar-refractivity contribution < 1.29 is 19.0 Å². The van der Waals surface area contributed by atoms with Gasteiger partial charge in [0.2, 0.25) is 11.5 Å². The largest absolute Gasteiger partial charge is 0.493 e. The fraction of sp³-hybridized carbons (Fsp3) is 0.211. The van der Waals surface area contributed by atoms with Gasteiger partial charge in [-0.3, -0.25) is 4.79 Å². The van der Waals surface area contributed by atoms with Gasteiger partial charge < -0.3 is 19.9 Å². The molecular formula is C19H19NO4S. The van der Waals surface area contributed by atoms with E-state index in [0.717, 1.165) is 15.6 Å². The van der Waals surface area contributed by atoms with E-state index in [1.54, 1.807) is 12.1 Å². The first-order chi connectivity index (χ1) is 12.0. The number of methoxy groups -OCH3 is 3. The number of benzene rings is 2. The Morgan fingerprint density at radius 1 is 1.04 bits per heavy atom. The van der Waals surface area contributed by atoms with Crippen LogP contribution < -0.4 is 19.9 Å². The SMILES string of the molecule is COc1cc(C(=O)c2sc3c(C)cccc3c2N)cc(OC)c1OC. The van der Waals surface area contributed by atoms with E-state index in [9.17, 15) is 4.79 Å². The minimum absolute atomic E-state index is 0.169. The molecule has 25 heavy (non-hydrogen) atoms. The number of hydrogen-bond acceptors (Lipinski definition) is 6. The molecule has 1 heterocycles. The van der Waals surface area contributed by atoms with Crippen molar-refractivity contribution in [3.05, 3.63) is 46.3 Å². The molecule has 2 aromatic carbocycles. The van der Waals surface area contributed by atoms with Crippen LogP contribution in [-0.4, -0.2) is 27.1 Å². The second-order valence-electron chi connectivity index (χ2n) is 5.54. The van der Waals surface area contributed by atoms with Crippen LogP contribution in [0.4, 0.5) is 5.69 Å². The molecule has 0 saturated heterocycles. The number of ether oxygens (including phenoxy) is 3. The lowest BCUT2D eigenvalue weighted by atomic mass is 10.1. The summed E-state index contributed by atoms with van der Waals surface area (Å²) in [4.78, 5) is 13.6. The number of nitrogen functional groups attached to an aromatic ring is 1. The lowest BCUT2D eigenvalue weighted by Crippen LogP contribution is -2.04. The van der Waals surface area contributed by atoms with E-state index in [0.29, 0.717) is 33.4 Å². The second kappa shape index (κ2) is 6.64. The zero-order valence-electron chi connectivity index (χ0n) is 14.5.